The molecule has 0 bridgehead atoms. The van der Waals surface area contributed by atoms with Crippen LogP contribution in [0.1, 0.15) is 105 Å². The van der Waals surface area contributed by atoms with Crippen molar-refractivity contribution in [2.45, 2.75) is 105 Å². The van der Waals surface area contributed by atoms with Gasteiger partial charge >= 0.3 is 0 Å². The van der Waals surface area contributed by atoms with Crippen molar-refractivity contribution < 1.29 is 4.74 Å². The molecular weight excluding hydrogens is 366 g/mol. The smallest absolute Gasteiger partial charge is 0.154 e. The Bertz CT molecular complexity index is 891. The molecule has 1 aliphatic heterocycles. The van der Waals surface area contributed by atoms with Gasteiger partial charge in [-0.1, -0.05) is 95.2 Å². The molecule has 2 heteroatoms. The van der Waals surface area contributed by atoms with Crippen LogP contribution in [0.2, 0.25) is 0 Å². The molecule has 2 aromatic carbocycles. The Morgan fingerprint density at radius 2 is 0.833 bits per heavy atom. The third-order valence-electron chi connectivity index (χ3n) is 6.00. The molecule has 3 rings (SSSR count). The van der Waals surface area contributed by atoms with Gasteiger partial charge in [0.15, 0.2) is 11.5 Å². The van der Waals surface area contributed by atoms with Crippen LogP contribution in [-0.4, -0.2) is 0 Å². The first-order valence-electron chi connectivity index (χ1n) is 11.2. The number of ether oxygens (including phenoxy) is 1. The molecule has 0 spiro atoms. The van der Waals surface area contributed by atoms with Crippen LogP contribution in [0, 0.1) is 0 Å². The van der Waals surface area contributed by atoms with Gasteiger partial charge in [-0.15, -0.1) is 0 Å². The van der Waals surface area contributed by atoms with Gasteiger partial charge in [-0.25, -0.2) is 0 Å². The number of anilines is 2. The van der Waals surface area contributed by atoms with Crippen LogP contribution in [-0.2, 0) is 21.7 Å². The lowest BCUT2D eigenvalue weighted by Crippen LogP contribution is -2.22. The van der Waals surface area contributed by atoms with E-state index >= 15 is 0 Å². The van der Waals surface area contributed by atoms with Crippen molar-refractivity contribution in [2.75, 3.05) is 5.32 Å². The SMILES string of the molecule is CC(C)(C)c1cc2c(c(C(C)(C)C)c1)Oc1c(cc(C(C)(C)C)cc1C(C)(C)C)N2. The Morgan fingerprint density at radius 1 is 0.500 bits per heavy atom. The third kappa shape index (κ3) is 4.24. The van der Waals surface area contributed by atoms with Crippen LogP contribution in [0.15, 0.2) is 24.3 Å². The summed E-state index contributed by atoms with van der Waals surface area (Å²) in [5.74, 6) is 1.94. The highest BCUT2D eigenvalue weighted by Crippen LogP contribution is 2.52. The molecule has 0 amide bonds. The number of fused-ring (bicyclic) bond motifs is 2. The van der Waals surface area contributed by atoms with Gasteiger partial charge in [-0.3, -0.25) is 0 Å². The lowest BCUT2D eigenvalue weighted by Gasteiger charge is -2.35. The van der Waals surface area contributed by atoms with E-state index < -0.39 is 0 Å². The zero-order valence-electron chi connectivity index (χ0n) is 21.2. The highest BCUT2D eigenvalue weighted by Gasteiger charge is 2.33. The molecule has 2 nitrogen and oxygen atoms in total. The molecule has 164 valence electrons. The van der Waals surface area contributed by atoms with Crippen LogP contribution >= 0.6 is 0 Å². The van der Waals surface area contributed by atoms with Crippen LogP contribution in [0.4, 0.5) is 11.4 Å². The van der Waals surface area contributed by atoms with Crippen LogP contribution in [0.25, 0.3) is 0 Å². The fraction of sp³-hybridized carbons (Fsp3) is 0.571. The minimum Gasteiger partial charge on any atom is -0.452 e. The summed E-state index contributed by atoms with van der Waals surface area (Å²) in [5.41, 5.74) is 7.42. The molecular formula is C28H41NO. The minimum absolute atomic E-state index is 0.0161. The first kappa shape index (κ1) is 22.7. The predicted octanol–water partition coefficient (Wildman–Crippen LogP) is 8.73. The number of rotatable bonds is 0. The van der Waals surface area contributed by atoms with Crippen molar-refractivity contribution in [3.05, 3.63) is 46.5 Å². The van der Waals surface area contributed by atoms with Gasteiger partial charge in [0.1, 0.15) is 0 Å². The standard InChI is InChI=1S/C28H41NO/c1-25(2,3)17-13-19(27(7,8)9)23-21(15-17)29-22-16-18(26(4,5)6)14-20(24(22)30-23)28(10,11)12/h13-16,29H,1-12H3. The summed E-state index contributed by atoms with van der Waals surface area (Å²) in [4.78, 5) is 0. The quantitative estimate of drug-likeness (QED) is 0.402. The van der Waals surface area contributed by atoms with E-state index in [-0.39, 0.29) is 21.7 Å². The molecule has 0 aliphatic carbocycles. The Labute approximate surface area is 184 Å². The van der Waals surface area contributed by atoms with Crippen LogP contribution in [0.5, 0.6) is 11.5 Å². The summed E-state index contributed by atoms with van der Waals surface area (Å²) in [7, 11) is 0. The van der Waals surface area contributed by atoms with E-state index in [1.807, 2.05) is 0 Å². The first-order valence-corrected chi connectivity index (χ1v) is 11.2. The van der Waals surface area contributed by atoms with E-state index in [0.29, 0.717) is 0 Å². The van der Waals surface area contributed by atoms with E-state index in [4.69, 9.17) is 4.74 Å². The van der Waals surface area contributed by atoms with Crippen molar-refractivity contribution in [3.63, 3.8) is 0 Å². The molecule has 1 heterocycles. The normalized spacial score (nSPS) is 14.5. The summed E-state index contributed by atoms with van der Waals surface area (Å²) in [5, 5.41) is 3.77. The maximum Gasteiger partial charge on any atom is 0.154 e. The average molecular weight is 408 g/mol. The van der Waals surface area contributed by atoms with Gasteiger partial charge in [0.2, 0.25) is 0 Å². The Morgan fingerprint density at radius 3 is 1.10 bits per heavy atom. The number of hydrogen-bond acceptors (Lipinski definition) is 2. The summed E-state index contributed by atoms with van der Waals surface area (Å²) in [6, 6.07) is 9.22. The minimum atomic E-state index is -0.0161. The van der Waals surface area contributed by atoms with E-state index in [0.717, 1.165) is 22.9 Å². The predicted molar refractivity (Wildman–Crippen MR) is 131 cm³/mol. The second-order valence-corrected chi connectivity index (χ2v) is 13.0. The van der Waals surface area contributed by atoms with E-state index in [1.165, 1.54) is 22.3 Å². The monoisotopic (exact) mass is 407 g/mol. The third-order valence-corrected chi connectivity index (χ3v) is 6.00. The average Bonchev–Trinajstić information content (AvgIpc) is 2.54. The Balaban J connectivity index is 2.29. The zero-order chi connectivity index (χ0) is 22.9. The molecule has 0 radical (unpaired) electrons. The molecule has 0 fully saturated rings. The molecule has 1 aliphatic rings. The molecule has 0 aromatic heterocycles. The van der Waals surface area contributed by atoms with Gasteiger partial charge < -0.3 is 10.1 Å². The lowest BCUT2D eigenvalue weighted by atomic mass is 9.78. The summed E-state index contributed by atoms with van der Waals surface area (Å²) in [6.45, 7) is 27.2. The van der Waals surface area contributed by atoms with Crippen molar-refractivity contribution >= 4 is 11.4 Å². The molecule has 1 N–H and O–H groups in total. The summed E-state index contributed by atoms with van der Waals surface area (Å²) in [6.07, 6.45) is 0. The van der Waals surface area contributed by atoms with Crippen molar-refractivity contribution in [1.29, 1.82) is 0 Å². The molecule has 0 atom stereocenters. The number of nitrogens with one attached hydrogen (secondary N) is 1. The van der Waals surface area contributed by atoms with Crippen molar-refractivity contribution in [1.82, 2.24) is 0 Å². The summed E-state index contributed by atoms with van der Waals surface area (Å²) >= 11 is 0. The number of hydrogen-bond donors (Lipinski definition) is 1. The topological polar surface area (TPSA) is 21.3 Å². The highest BCUT2D eigenvalue weighted by atomic mass is 16.5. The van der Waals surface area contributed by atoms with E-state index in [9.17, 15) is 0 Å². The molecule has 0 unspecified atom stereocenters. The fourth-order valence-electron chi connectivity index (χ4n) is 3.89. The van der Waals surface area contributed by atoms with Gasteiger partial charge in [0, 0.05) is 11.1 Å². The molecule has 30 heavy (non-hydrogen) atoms. The second kappa shape index (κ2) is 6.77. The van der Waals surface area contributed by atoms with Gasteiger partial charge in [0.25, 0.3) is 0 Å². The van der Waals surface area contributed by atoms with Crippen molar-refractivity contribution in [3.8, 4) is 11.5 Å². The highest BCUT2D eigenvalue weighted by molar-refractivity contribution is 5.80. The van der Waals surface area contributed by atoms with Gasteiger partial charge in [-0.2, -0.15) is 0 Å². The van der Waals surface area contributed by atoms with Gasteiger partial charge in [-0.05, 0) is 44.9 Å². The van der Waals surface area contributed by atoms with E-state index in [1.54, 1.807) is 0 Å². The molecule has 0 saturated carbocycles. The van der Waals surface area contributed by atoms with Crippen molar-refractivity contribution in [2.24, 2.45) is 0 Å². The number of benzene rings is 2. The molecule has 2 aromatic rings. The fourth-order valence-corrected chi connectivity index (χ4v) is 3.89. The first-order chi connectivity index (χ1) is 13.4. The largest absolute Gasteiger partial charge is 0.452 e. The Hall–Kier alpha value is -1.96. The van der Waals surface area contributed by atoms with Crippen LogP contribution < -0.4 is 10.1 Å². The maximum atomic E-state index is 6.77. The van der Waals surface area contributed by atoms with Gasteiger partial charge in [0.05, 0.1) is 11.4 Å². The van der Waals surface area contributed by atoms with E-state index in [2.05, 4.69) is 113 Å². The Kier molecular flexibility index (Phi) is 5.13. The van der Waals surface area contributed by atoms with Crippen LogP contribution in [0.3, 0.4) is 0 Å². The lowest BCUT2D eigenvalue weighted by molar-refractivity contribution is 0.432. The zero-order valence-corrected chi connectivity index (χ0v) is 21.2. The maximum absolute atomic E-state index is 6.77. The summed E-state index contributed by atoms with van der Waals surface area (Å²) < 4.78 is 6.77. The molecule has 0 saturated heterocycles. The second-order valence-electron chi connectivity index (χ2n) is 13.0.